The van der Waals surface area contributed by atoms with Gasteiger partial charge in [0.25, 0.3) is 0 Å². The van der Waals surface area contributed by atoms with Gasteiger partial charge in [-0.2, -0.15) is 0 Å². The van der Waals surface area contributed by atoms with E-state index >= 15 is 0 Å². The number of nitrogens with zero attached hydrogens (tertiary/aromatic N) is 1. The van der Waals surface area contributed by atoms with Gasteiger partial charge < -0.3 is 9.64 Å². The fourth-order valence-electron chi connectivity index (χ4n) is 1.72. The summed E-state index contributed by atoms with van der Waals surface area (Å²) in [6, 6.07) is 0.465. The highest BCUT2D eigenvalue weighted by atomic mass is 16.5. The lowest BCUT2D eigenvalue weighted by atomic mass is 10.2. The van der Waals surface area contributed by atoms with Crippen LogP contribution < -0.4 is 0 Å². The molecule has 0 spiro atoms. The predicted octanol–water partition coefficient (Wildman–Crippen LogP) is 1.03. The van der Waals surface area contributed by atoms with Gasteiger partial charge >= 0.3 is 0 Å². The van der Waals surface area contributed by atoms with Gasteiger partial charge in [-0.1, -0.05) is 12.8 Å². The Balaban J connectivity index is 2.34. The minimum atomic E-state index is 0.101. The first-order valence-corrected chi connectivity index (χ1v) is 4.50. The Morgan fingerprint density at radius 1 is 1.50 bits per heavy atom. The number of methoxy groups -OCH3 is 1. The molecule has 0 unspecified atom stereocenters. The van der Waals surface area contributed by atoms with Crippen LogP contribution in [-0.4, -0.2) is 37.6 Å². The first kappa shape index (κ1) is 9.52. The van der Waals surface area contributed by atoms with E-state index in [1.807, 2.05) is 11.9 Å². The van der Waals surface area contributed by atoms with E-state index in [9.17, 15) is 4.79 Å². The Morgan fingerprint density at radius 2 is 2.08 bits per heavy atom. The molecule has 0 aromatic heterocycles. The molecule has 1 fully saturated rings. The third-order valence-electron chi connectivity index (χ3n) is 2.53. The number of amides is 1. The van der Waals surface area contributed by atoms with Gasteiger partial charge in [0.1, 0.15) is 6.61 Å². The van der Waals surface area contributed by atoms with Crippen molar-refractivity contribution < 1.29 is 9.53 Å². The molecule has 12 heavy (non-hydrogen) atoms. The second-order valence-corrected chi connectivity index (χ2v) is 3.38. The molecule has 3 heteroatoms. The maximum Gasteiger partial charge on any atom is 0.248 e. The molecule has 0 saturated heterocycles. The normalized spacial score (nSPS) is 18.2. The molecule has 0 N–H and O–H groups in total. The van der Waals surface area contributed by atoms with Crippen LogP contribution in [0.3, 0.4) is 0 Å². The van der Waals surface area contributed by atoms with E-state index in [2.05, 4.69) is 0 Å². The molecule has 1 aliphatic carbocycles. The molecule has 1 rings (SSSR count). The second-order valence-electron chi connectivity index (χ2n) is 3.38. The van der Waals surface area contributed by atoms with Crippen molar-refractivity contribution >= 4 is 5.91 Å². The highest BCUT2D eigenvalue weighted by molar-refractivity contribution is 5.77. The molecule has 0 radical (unpaired) electrons. The maximum absolute atomic E-state index is 11.3. The van der Waals surface area contributed by atoms with Crippen LogP contribution in [0.4, 0.5) is 0 Å². The molecular formula is C9H17NO2. The van der Waals surface area contributed by atoms with Crippen molar-refractivity contribution in [3.8, 4) is 0 Å². The molecule has 0 aromatic carbocycles. The molecule has 3 nitrogen and oxygen atoms in total. The monoisotopic (exact) mass is 171 g/mol. The number of rotatable bonds is 3. The minimum Gasteiger partial charge on any atom is -0.375 e. The minimum absolute atomic E-state index is 0.101. The number of carbonyl (C=O) groups is 1. The lowest BCUT2D eigenvalue weighted by molar-refractivity contribution is -0.135. The SMILES string of the molecule is COCC(=O)N(C)C1CCCC1. The van der Waals surface area contributed by atoms with Crippen LogP contribution in [0.2, 0.25) is 0 Å². The standard InChI is InChI=1S/C9H17NO2/c1-10(9(11)7-12-2)8-5-3-4-6-8/h8H,3-7H2,1-2H3. The number of likely N-dealkylation sites (N-methyl/N-ethyl adjacent to an activating group) is 1. The highest BCUT2D eigenvalue weighted by Crippen LogP contribution is 2.22. The van der Waals surface area contributed by atoms with Crippen molar-refractivity contribution in [1.82, 2.24) is 4.90 Å². The zero-order valence-corrected chi connectivity index (χ0v) is 7.88. The molecule has 1 amide bonds. The van der Waals surface area contributed by atoms with Crippen molar-refractivity contribution in [2.45, 2.75) is 31.7 Å². The van der Waals surface area contributed by atoms with Crippen LogP contribution in [0, 0.1) is 0 Å². The average Bonchev–Trinajstić information content (AvgIpc) is 2.55. The van der Waals surface area contributed by atoms with Crippen LogP contribution in [0.25, 0.3) is 0 Å². The van der Waals surface area contributed by atoms with Crippen LogP contribution in [0.5, 0.6) is 0 Å². The lowest BCUT2D eigenvalue weighted by Crippen LogP contribution is -2.37. The maximum atomic E-state index is 11.3. The van der Waals surface area contributed by atoms with E-state index in [-0.39, 0.29) is 12.5 Å². The van der Waals surface area contributed by atoms with Crippen LogP contribution in [-0.2, 0) is 9.53 Å². The van der Waals surface area contributed by atoms with E-state index < -0.39 is 0 Å². The van der Waals surface area contributed by atoms with Crippen molar-refractivity contribution in [1.29, 1.82) is 0 Å². The first-order valence-electron chi connectivity index (χ1n) is 4.50. The summed E-state index contributed by atoms with van der Waals surface area (Å²) < 4.78 is 4.79. The van der Waals surface area contributed by atoms with Crippen molar-refractivity contribution in [2.75, 3.05) is 20.8 Å². The van der Waals surface area contributed by atoms with E-state index in [1.54, 1.807) is 7.11 Å². The summed E-state index contributed by atoms with van der Waals surface area (Å²) in [5.41, 5.74) is 0. The molecule has 70 valence electrons. The van der Waals surface area contributed by atoms with Gasteiger partial charge in [-0.25, -0.2) is 0 Å². The molecule has 0 atom stereocenters. The topological polar surface area (TPSA) is 29.5 Å². The van der Waals surface area contributed by atoms with Gasteiger partial charge in [0.15, 0.2) is 0 Å². The third kappa shape index (κ3) is 2.21. The molecule has 0 aliphatic heterocycles. The summed E-state index contributed by atoms with van der Waals surface area (Å²) in [5.74, 6) is 0.101. The van der Waals surface area contributed by atoms with Crippen LogP contribution in [0.15, 0.2) is 0 Å². The number of hydrogen-bond donors (Lipinski definition) is 0. The molecule has 0 bridgehead atoms. The molecule has 0 heterocycles. The van der Waals surface area contributed by atoms with Crippen molar-refractivity contribution in [2.24, 2.45) is 0 Å². The van der Waals surface area contributed by atoms with Gasteiger partial charge in [0.05, 0.1) is 0 Å². The van der Waals surface area contributed by atoms with Gasteiger partial charge in [0, 0.05) is 20.2 Å². The van der Waals surface area contributed by atoms with Gasteiger partial charge in [-0.05, 0) is 12.8 Å². The fourth-order valence-corrected chi connectivity index (χ4v) is 1.72. The summed E-state index contributed by atoms with van der Waals surface area (Å²) in [6.45, 7) is 0.215. The Morgan fingerprint density at radius 3 is 2.58 bits per heavy atom. The smallest absolute Gasteiger partial charge is 0.248 e. The Kier molecular flexibility index (Phi) is 3.53. The molecule has 1 saturated carbocycles. The largest absolute Gasteiger partial charge is 0.375 e. The quantitative estimate of drug-likeness (QED) is 0.635. The summed E-state index contributed by atoms with van der Waals surface area (Å²) in [4.78, 5) is 13.2. The van der Waals surface area contributed by atoms with Crippen LogP contribution in [0.1, 0.15) is 25.7 Å². The predicted molar refractivity (Wildman–Crippen MR) is 46.9 cm³/mol. The Bertz CT molecular complexity index is 153. The summed E-state index contributed by atoms with van der Waals surface area (Å²) in [5, 5.41) is 0. The zero-order chi connectivity index (χ0) is 8.97. The van der Waals surface area contributed by atoms with Gasteiger partial charge in [0.2, 0.25) is 5.91 Å². The van der Waals surface area contributed by atoms with E-state index in [4.69, 9.17) is 4.74 Å². The molecular weight excluding hydrogens is 154 g/mol. The highest BCUT2D eigenvalue weighted by Gasteiger charge is 2.22. The summed E-state index contributed by atoms with van der Waals surface area (Å²) >= 11 is 0. The third-order valence-corrected chi connectivity index (χ3v) is 2.53. The van der Waals surface area contributed by atoms with E-state index in [0.717, 1.165) is 12.8 Å². The average molecular weight is 171 g/mol. The Hall–Kier alpha value is -0.570. The number of ether oxygens (including phenoxy) is 1. The summed E-state index contributed by atoms with van der Waals surface area (Å²) in [7, 11) is 3.43. The van der Waals surface area contributed by atoms with E-state index in [0.29, 0.717) is 6.04 Å². The summed E-state index contributed by atoms with van der Waals surface area (Å²) in [6.07, 6.45) is 4.84. The zero-order valence-electron chi connectivity index (χ0n) is 7.88. The molecule has 1 aliphatic rings. The fraction of sp³-hybridized carbons (Fsp3) is 0.889. The number of carbonyl (C=O) groups excluding carboxylic acids is 1. The lowest BCUT2D eigenvalue weighted by Gasteiger charge is -2.23. The Labute approximate surface area is 73.7 Å². The van der Waals surface area contributed by atoms with Crippen molar-refractivity contribution in [3.05, 3.63) is 0 Å². The second kappa shape index (κ2) is 4.45. The first-order chi connectivity index (χ1) is 5.75. The molecule has 0 aromatic rings. The number of hydrogen-bond acceptors (Lipinski definition) is 2. The van der Waals surface area contributed by atoms with Crippen LogP contribution >= 0.6 is 0 Å². The van der Waals surface area contributed by atoms with Crippen molar-refractivity contribution in [3.63, 3.8) is 0 Å². The van der Waals surface area contributed by atoms with E-state index in [1.165, 1.54) is 12.8 Å². The van der Waals surface area contributed by atoms with Gasteiger partial charge in [-0.15, -0.1) is 0 Å². The van der Waals surface area contributed by atoms with Gasteiger partial charge in [-0.3, -0.25) is 4.79 Å².